The lowest BCUT2D eigenvalue weighted by Gasteiger charge is -2.11. The number of aliphatic hydroxyl groups excluding tert-OH is 1. The number of rotatable bonds is 5. The fourth-order valence-corrected chi connectivity index (χ4v) is 2.12. The zero-order chi connectivity index (χ0) is 15.2. The van der Waals surface area contributed by atoms with E-state index in [0.29, 0.717) is 18.0 Å². The Labute approximate surface area is 130 Å². The Kier molecular flexibility index (Phi) is 5.26. The molecule has 0 saturated carbocycles. The van der Waals surface area contributed by atoms with Crippen molar-refractivity contribution >= 4 is 21.6 Å². The average molecular weight is 351 g/mol. The first kappa shape index (κ1) is 15.4. The highest BCUT2D eigenvalue weighted by Gasteiger charge is 2.07. The van der Waals surface area contributed by atoms with Crippen molar-refractivity contribution < 1.29 is 14.2 Å². The number of halogens is 2. The van der Waals surface area contributed by atoms with Gasteiger partial charge in [0.1, 0.15) is 11.2 Å². The largest absolute Gasteiger partial charge is 0.473 e. The second-order valence-electron chi connectivity index (χ2n) is 4.25. The number of hydrogen-bond donors (Lipinski definition) is 1. The first-order chi connectivity index (χ1) is 10.1. The van der Waals surface area contributed by atoms with Gasteiger partial charge in [0.15, 0.2) is 11.5 Å². The molecule has 0 saturated heterocycles. The van der Waals surface area contributed by atoms with Crippen LogP contribution < -0.4 is 4.74 Å². The van der Waals surface area contributed by atoms with Gasteiger partial charge in [0.2, 0.25) is 5.88 Å². The van der Waals surface area contributed by atoms with Gasteiger partial charge in [-0.2, -0.15) is 0 Å². The number of aromatic nitrogens is 1. The molecule has 1 heterocycles. The van der Waals surface area contributed by atoms with Crippen molar-refractivity contribution in [2.24, 2.45) is 0 Å². The second kappa shape index (κ2) is 7.16. The van der Waals surface area contributed by atoms with Crippen LogP contribution in [0.5, 0.6) is 5.88 Å². The van der Waals surface area contributed by atoms with E-state index < -0.39 is 5.82 Å². The van der Waals surface area contributed by atoms with Crippen LogP contribution in [0.1, 0.15) is 11.1 Å². The van der Waals surface area contributed by atoms with Gasteiger partial charge >= 0.3 is 0 Å². The molecule has 2 rings (SSSR count). The van der Waals surface area contributed by atoms with E-state index in [0.717, 1.165) is 11.1 Å². The minimum atomic E-state index is -0.454. The molecule has 2 aromatic rings. The molecule has 0 amide bonds. The van der Waals surface area contributed by atoms with E-state index in [2.05, 4.69) is 25.8 Å². The Hall–Kier alpha value is -1.97. The molecule has 108 valence electrons. The normalized spacial score (nSPS) is 10.2. The van der Waals surface area contributed by atoms with E-state index in [9.17, 15) is 4.39 Å². The molecule has 4 nitrogen and oxygen atoms in total. The molecule has 0 radical (unpaired) electrons. The highest BCUT2D eigenvalue weighted by atomic mass is 79.9. The third-order valence-electron chi connectivity index (χ3n) is 2.85. The zero-order valence-electron chi connectivity index (χ0n) is 11.0. The van der Waals surface area contributed by atoms with Crippen LogP contribution in [-0.4, -0.2) is 16.7 Å². The summed E-state index contributed by atoms with van der Waals surface area (Å²) in [4.78, 5) is 7.28. The lowest BCUT2D eigenvalue weighted by Crippen LogP contribution is -2.03. The SMILES string of the molecule is [C-]#[N+]c1ccc(COc2ccc(F)c(Br)n2)c(CCO)c1. The van der Waals surface area contributed by atoms with E-state index in [1.807, 2.05) is 0 Å². The molecule has 1 aromatic heterocycles. The zero-order valence-corrected chi connectivity index (χ0v) is 12.6. The fourth-order valence-electron chi connectivity index (χ4n) is 1.81. The third-order valence-corrected chi connectivity index (χ3v) is 3.41. The Morgan fingerprint density at radius 2 is 2.10 bits per heavy atom. The summed E-state index contributed by atoms with van der Waals surface area (Å²) in [6, 6.07) is 7.93. The fraction of sp³-hybridized carbons (Fsp3) is 0.200. The van der Waals surface area contributed by atoms with Gasteiger partial charge in [-0.3, -0.25) is 0 Å². The predicted octanol–water partition coefficient (Wildman–Crippen LogP) is 3.65. The maximum atomic E-state index is 13.1. The number of aliphatic hydroxyl groups is 1. The van der Waals surface area contributed by atoms with Crippen molar-refractivity contribution in [3.63, 3.8) is 0 Å². The van der Waals surface area contributed by atoms with Gasteiger partial charge < -0.3 is 9.84 Å². The van der Waals surface area contributed by atoms with Crippen LogP contribution in [0.3, 0.4) is 0 Å². The van der Waals surface area contributed by atoms with Gasteiger partial charge in [-0.05, 0) is 39.5 Å². The third kappa shape index (κ3) is 4.00. The molecule has 0 unspecified atom stereocenters. The Balaban J connectivity index is 2.15. The van der Waals surface area contributed by atoms with Gasteiger partial charge in [0, 0.05) is 12.7 Å². The number of pyridine rings is 1. The Bertz CT molecular complexity index is 686. The monoisotopic (exact) mass is 350 g/mol. The van der Waals surface area contributed by atoms with Crippen LogP contribution in [0.2, 0.25) is 0 Å². The second-order valence-corrected chi connectivity index (χ2v) is 5.00. The van der Waals surface area contributed by atoms with Gasteiger partial charge in [0.25, 0.3) is 0 Å². The Morgan fingerprint density at radius 1 is 1.29 bits per heavy atom. The minimum Gasteiger partial charge on any atom is -0.473 e. The summed E-state index contributed by atoms with van der Waals surface area (Å²) in [7, 11) is 0. The van der Waals surface area contributed by atoms with E-state index in [-0.39, 0.29) is 17.8 Å². The summed E-state index contributed by atoms with van der Waals surface area (Å²) in [5.41, 5.74) is 2.23. The van der Waals surface area contributed by atoms with Crippen molar-refractivity contribution in [1.82, 2.24) is 4.98 Å². The number of nitrogens with zero attached hydrogens (tertiary/aromatic N) is 2. The van der Waals surface area contributed by atoms with Crippen LogP contribution >= 0.6 is 15.9 Å². The first-order valence-corrected chi connectivity index (χ1v) is 6.98. The summed E-state index contributed by atoms with van der Waals surface area (Å²) in [5.74, 6) is -0.155. The van der Waals surface area contributed by atoms with Crippen LogP contribution in [0.15, 0.2) is 34.9 Å². The summed E-state index contributed by atoms with van der Waals surface area (Å²) in [5, 5.41) is 9.08. The van der Waals surface area contributed by atoms with Gasteiger partial charge in [-0.15, -0.1) is 0 Å². The molecule has 0 atom stereocenters. The van der Waals surface area contributed by atoms with E-state index >= 15 is 0 Å². The molecule has 0 aliphatic rings. The summed E-state index contributed by atoms with van der Waals surface area (Å²) in [6.07, 6.45) is 0.447. The van der Waals surface area contributed by atoms with Crippen LogP contribution in [0, 0.1) is 12.4 Å². The maximum Gasteiger partial charge on any atom is 0.214 e. The maximum absolute atomic E-state index is 13.1. The minimum absolute atomic E-state index is 0.00516. The Morgan fingerprint density at radius 3 is 2.76 bits per heavy atom. The molecular weight excluding hydrogens is 339 g/mol. The molecule has 1 N–H and O–H groups in total. The van der Waals surface area contributed by atoms with Crippen molar-refractivity contribution in [1.29, 1.82) is 0 Å². The lowest BCUT2D eigenvalue weighted by atomic mass is 10.0. The van der Waals surface area contributed by atoms with Crippen LogP contribution in [0.25, 0.3) is 4.85 Å². The average Bonchev–Trinajstić information content (AvgIpc) is 2.49. The topological polar surface area (TPSA) is 46.7 Å². The number of benzene rings is 1. The summed E-state index contributed by atoms with van der Waals surface area (Å²) >= 11 is 3.00. The molecule has 0 bridgehead atoms. The summed E-state index contributed by atoms with van der Waals surface area (Å²) in [6.45, 7) is 7.23. The quantitative estimate of drug-likeness (QED) is 0.661. The standard InChI is InChI=1S/C15H12BrFN2O2/c1-18-12-3-2-11(10(8-12)6-7-20)9-21-14-5-4-13(17)15(16)19-14/h2-5,8,20H,6-7,9H2. The van der Waals surface area contributed by atoms with Crippen molar-refractivity contribution in [3.8, 4) is 5.88 Å². The molecule has 0 aliphatic carbocycles. The van der Waals surface area contributed by atoms with E-state index in [1.165, 1.54) is 12.1 Å². The van der Waals surface area contributed by atoms with Crippen molar-refractivity contribution in [2.75, 3.05) is 6.61 Å². The molecule has 0 spiro atoms. The van der Waals surface area contributed by atoms with Gasteiger partial charge in [-0.1, -0.05) is 18.2 Å². The molecule has 0 aliphatic heterocycles. The molecule has 6 heteroatoms. The molecular formula is C15H12BrFN2O2. The molecule has 21 heavy (non-hydrogen) atoms. The van der Waals surface area contributed by atoms with E-state index in [4.69, 9.17) is 16.4 Å². The summed E-state index contributed by atoms with van der Waals surface area (Å²) < 4.78 is 18.7. The number of hydrogen-bond acceptors (Lipinski definition) is 3. The molecule has 1 aromatic carbocycles. The van der Waals surface area contributed by atoms with Crippen LogP contribution in [0.4, 0.5) is 10.1 Å². The smallest absolute Gasteiger partial charge is 0.214 e. The van der Waals surface area contributed by atoms with Gasteiger partial charge in [0.05, 0.1) is 6.57 Å². The first-order valence-electron chi connectivity index (χ1n) is 6.19. The highest BCUT2D eigenvalue weighted by molar-refractivity contribution is 9.10. The van der Waals surface area contributed by atoms with Crippen LogP contribution in [-0.2, 0) is 13.0 Å². The highest BCUT2D eigenvalue weighted by Crippen LogP contribution is 2.22. The predicted molar refractivity (Wildman–Crippen MR) is 79.7 cm³/mol. The lowest BCUT2D eigenvalue weighted by molar-refractivity contribution is 0.284. The number of ether oxygens (including phenoxy) is 1. The van der Waals surface area contributed by atoms with Crippen molar-refractivity contribution in [3.05, 3.63) is 63.3 Å². The van der Waals surface area contributed by atoms with Crippen molar-refractivity contribution in [2.45, 2.75) is 13.0 Å². The van der Waals surface area contributed by atoms with Gasteiger partial charge in [-0.25, -0.2) is 14.2 Å². The molecule has 0 fully saturated rings. The van der Waals surface area contributed by atoms with E-state index in [1.54, 1.807) is 18.2 Å².